The van der Waals surface area contributed by atoms with Crippen molar-refractivity contribution in [3.05, 3.63) is 160 Å². The van der Waals surface area contributed by atoms with Gasteiger partial charge in [-0.3, -0.25) is 0 Å². The van der Waals surface area contributed by atoms with Crippen LogP contribution in [-0.4, -0.2) is 5.43 Å². The number of rotatable bonds is 5. The van der Waals surface area contributed by atoms with Crippen molar-refractivity contribution in [2.24, 2.45) is 0 Å². The Labute approximate surface area is 269 Å². The maximum atomic E-state index is 8.60. The number of benzene rings is 5. The van der Waals surface area contributed by atoms with E-state index in [0.717, 1.165) is 0 Å². The summed E-state index contributed by atoms with van der Waals surface area (Å²) in [6.07, 6.45) is 4.81. The van der Waals surface area contributed by atoms with Crippen LogP contribution in [-0.2, 0) is 15.0 Å². The van der Waals surface area contributed by atoms with Gasteiger partial charge in [-0.15, -0.1) is 0 Å². The number of halogens is 2. The fourth-order valence-electron chi connectivity index (χ4n) is 7.71. The van der Waals surface area contributed by atoms with Crippen LogP contribution in [0.5, 0.6) is 0 Å². The molecule has 5 aromatic rings. The Bertz CT molecular complexity index is 2040. The molecular weight excluding hydrogens is 671 g/mol. The first-order chi connectivity index (χ1) is 21.2. The normalized spacial score (nSPS) is 17.5. The van der Waals surface area contributed by atoms with E-state index in [1.165, 1.54) is 66.8 Å². The van der Waals surface area contributed by atoms with Gasteiger partial charge in [0.05, 0.1) is 0 Å². The van der Waals surface area contributed by atoms with Crippen molar-refractivity contribution in [2.75, 3.05) is 0 Å². The third-order valence-corrected chi connectivity index (χ3v) is 56.5. The van der Waals surface area contributed by atoms with E-state index < -0.39 is 20.4 Å². The standard InChI is InChI=1S/C22H17.C16H13.C2H6Si.2ClH.Zr/c1-16-10-12-17(13-11-16)20-14-19-8-5-9-21(22(19)15-20)18-6-3-2-4-7-18;1-12-10-14-8-5-9-15(16(14)11-12)13-6-3-2-4-7-13;1-3-2;;;/h2-15H,1H3;2-11H,1H3;1-2H3;2*1H;/q;;;;;+2/p-2. The first kappa shape index (κ1) is 29.9. The molecule has 2 aliphatic carbocycles. The molecule has 44 heavy (non-hydrogen) atoms. The zero-order chi connectivity index (χ0) is 30.7. The van der Waals surface area contributed by atoms with Crippen molar-refractivity contribution in [2.45, 2.75) is 34.2 Å². The first-order valence-corrected chi connectivity index (χ1v) is 30.8. The molecule has 2 unspecified atom stereocenters. The Kier molecular flexibility index (Phi) is 7.66. The van der Waals surface area contributed by atoms with Crippen LogP contribution in [0.15, 0.2) is 127 Å². The van der Waals surface area contributed by atoms with Crippen LogP contribution >= 0.6 is 17.0 Å². The van der Waals surface area contributed by atoms with Crippen LogP contribution in [0, 0.1) is 6.92 Å². The Balaban J connectivity index is 1.51. The van der Waals surface area contributed by atoms with Gasteiger partial charge in [0.25, 0.3) is 0 Å². The van der Waals surface area contributed by atoms with Gasteiger partial charge in [0, 0.05) is 0 Å². The predicted octanol–water partition coefficient (Wildman–Crippen LogP) is 12.3. The fraction of sp³-hybridized carbons (Fsp3) is 0.150. The van der Waals surface area contributed by atoms with Gasteiger partial charge in [0.2, 0.25) is 0 Å². The monoisotopic (exact) mass is 704 g/mol. The second-order valence-electron chi connectivity index (χ2n) is 12.7. The van der Waals surface area contributed by atoms with Crippen LogP contribution < -0.4 is 0 Å². The molecule has 0 saturated heterocycles. The molecule has 0 nitrogen and oxygen atoms in total. The second-order valence-corrected chi connectivity index (χ2v) is 51.5. The molecule has 2 atom stereocenters. The fourth-order valence-corrected chi connectivity index (χ4v) is 36.8. The van der Waals surface area contributed by atoms with Gasteiger partial charge in [-0.05, 0) is 0 Å². The van der Waals surface area contributed by atoms with E-state index in [4.69, 9.17) is 17.0 Å². The SMILES string of the molecule is CC1=Cc2c(-c3ccccc3)cccc2[CH]1[Zr]([Cl])([Cl])([CH]1C(c2ccc(C)cc2)=Cc2c(-c3ccccc3)cccc21)=[Si](C)C. The van der Waals surface area contributed by atoms with Crippen LogP contribution in [0.4, 0.5) is 0 Å². The molecule has 0 bridgehead atoms. The molecule has 0 radical (unpaired) electrons. The van der Waals surface area contributed by atoms with Gasteiger partial charge >= 0.3 is 272 Å². The molecule has 4 heteroatoms. The van der Waals surface area contributed by atoms with Gasteiger partial charge in [0.1, 0.15) is 0 Å². The van der Waals surface area contributed by atoms with Gasteiger partial charge in [-0.1, -0.05) is 0 Å². The van der Waals surface area contributed by atoms with E-state index in [1.807, 2.05) is 0 Å². The molecule has 0 aromatic heterocycles. The molecule has 0 saturated carbocycles. The third-order valence-electron chi connectivity index (χ3n) is 9.91. The topological polar surface area (TPSA) is 0 Å². The van der Waals surface area contributed by atoms with Crippen LogP contribution in [0.25, 0.3) is 40.0 Å². The summed E-state index contributed by atoms with van der Waals surface area (Å²) in [4.78, 5) is 0. The average Bonchev–Trinajstić information content (AvgIpc) is 3.61. The van der Waals surface area contributed by atoms with E-state index in [2.05, 4.69) is 160 Å². The Hall–Kier alpha value is -2.74. The number of allylic oxidation sites excluding steroid dienone is 2. The third kappa shape index (κ3) is 4.64. The van der Waals surface area contributed by atoms with Crippen molar-refractivity contribution in [1.29, 1.82) is 0 Å². The molecular formula is C40H36Cl2SiZr. The van der Waals surface area contributed by atoms with E-state index in [1.54, 1.807) is 0 Å². The molecule has 0 spiro atoms. The zero-order valence-electron chi connectivity index (χ0n) is 25.6. The Morgan fingerprint density at radius 2 is 1.02 bits per heavy atom. The van der Waals surface area contributed by atoms with Gasteiger partial charge < -0.3 is 0 Å². The Morgan fingerprint density at radius 3 is 1.55 bits per heavy atom. The number of aryl methyl sites for hydroxylation is 1. The van der Waals surface area contributed by atoms with Gasteiger partial charge in [0.15, 0.2) is 0 Å². The van der Waals surface area contributed by atoms with Crippen molar-refractivity contribution in [3.8, 4) is 22.3 Å². The quantitative estimate of drug-likeness (QED) is 0.160. The number of fused-ring (bicyclic) bond motifs is 2. The summed E-state index contributed by atoms with van der Waals surface area (Å²) in [7, 11) is 17.2. The molecule has 7 rings (SSSR count). The summed E-state index contributed by atoms with van der Waals surface area (Å²) in [5.74, 6) is 0. The molecule has 2 aliphatic rings. The molecule has 0 heterocycles. The first-order valence-electron chi connectivity index (χ1n) is 15.4. The van der Waals surface area contributed by atoms with Crippen molar-refractivity contribution in [3.63, 3.8) is 0 Å². The zero-order valence-corrected chi connectivity index (χ0v) is 30.6. The summed E-state index contributed by atoms with van der Waals surface area (Å²) < 4.78 is 0.0113. The minimum absolute atomic E-state index is 0.0234. The van der Waals surface area contributed by atoms with E-state index >= 15 is 0 Å². The molecule has 0 amide bonds. The summed E-state index contributed by atoms with van der Waals surface area (Å²) in [5, 5.41) is 0. The van der Waals surface area contributed by atoms with E-state index in [0.29, 0.717) is 0 Å². The summed E-state index contributed by atoms with van der Waals surface area (Å²) in [6, 6.07) is 43.9. The minimum atomic E-state index is -4.93. The number of hydrogen-bond donors (Lipinski definition) is 0. The summed E-state index contributed by atoms with van der Waals surface area (Å²) in [6.45, 7) is 9.18. The van der Waals surface area contributed by atoms with Crippen molar-refractivity contribution in [1.82, 2.24) is 0 Å². The average molecular weight is 707 g/mol. The maximum absolute atomic E-state index is 8.60. The molecule has 0 N–H and O–H groups in total. The number of hydrogen-bond acceptors (Lipinski definition) is 0. The van der Waals surface area contributed by atoms with E-state index in [-0.39, 0.29) is 7.25 Å². The van der Waals surface area contributed by atoms with Crippen LogP contribution in [0.3, 0.4) is 0 Å². The van der Waals surface area contributed by atoms with E-state index in [9.17, 15) is 0 Å². The Morgan fingerprint density at radius 1 is 0.523 bits per heavy atom. The van der Waals surface area contributed by atoms with Crippen LogP contribution in [0.1, 0.15) is 47.6 Å². The van der Waals surface area contributed by atoms with Crippen LogP contribution in [0.2, 0.25) is 13.1 Å². The molecule has 5 aromatic carbocycles. The van der Waals surface area contributed by atoms with Crippen molar-refractivity contribution >= 4 is 40.2 Å². The summed E-state index contributed by atoms with van der Waals surface area (Å²) >= 11 is -4.93. The molecule has 0 fully saturated rings. The second kappa shape index (κ2) is 11.3. The van der Waals surface area contributed by atoms with Crippen molar-refractivity contribution < 1.29 is 15.0 Å². The van der Waals surface area contributed by atoms with Gasteiger partial charge in [-0.25, -0.2) is 0 Å². The predicted molar refractivity (Wildman–Crippen MR) is 191 cm³/mol. The summed E-state index contributed by atoms with van der Waals surface area (Å²) in [5.41, 5.74) is 14.0. The molecule has 218 valence electrons. The van der Waals surface area contributed by atoms with Gasteiger partial charge in [-0.2, -0.15) is 0 Å². The molecule has 0 aliphatic heterocycles.